The summed E-state index contributed by atoms with van der Waals surface area (Å²) in [6.45, 7) is 8.30. The summed E-state index contributed by atoms with van der Waals surface area (Å²) in [5, 5.41) is 1.33. The van der Waals surface area contributed by atoms with Gasteiger partial charge in [-0.1, -0.05) is 70.5 Å². The largest absolute Gasteiger partial charge is 0.298 e. The molecule has 0 spiro atoms. The van der Waals surface area contributed by atoms with Crippen molar-refractivity contribution in [3.05, 3.63) is 95.1 Å². The van der Waals surface area contributed by atoms with Gasteiger partial charge in [0.2, 0.25) is 0 Å². The molecule has 0 bridgehead atoms. The molecule has 1 heterocycles. The van der Waals surface area contributed by atoms with Gasteiger partial charge >= 0.3 is 0 Å². The molecular weight excluding hydrogens is 462 g/mol. The third-order valence-corrected chi connectivity index (χ3v) is 6.67. The summed E-state index contributed by atoms with van der Waals surface area (Å²) < 4.78 is 39.3. The Bertz CT molecular complexity index is 1560. The molecule has 5 aromatic rings. The van der Waals surface area contributed by atoms with Crippen LogP contribution < -0.4 is 18.3 Å². The van der Waals surface area contributed by atoms with Crippen molar-refractivity contribution in [2.24, 2.45) is 0 Å². The first kappa shape index (κ1) is 23.3. The lowest BCUT2D eigenvalue weighted by Crippen LogP contribution is -2.63. The molecule has 0 N–H and O–H groups in total. The van der Waals surface area contributed by atoms with Crippen molar-refractivity contribution in [3.63, 3.8) is 0 Å². The number of fused-ring (bicyclic) bond motifs is 2. The number of hydrogen-bond donors (Lipinski definition) is 0. The fraction of sp³-hybridized carbons (Fsp3) is 0.138. The zero-order chi connectivity index (χ0) is 24.9. The topological polar surface area (TPSA) is 91.3 Å². The molecule has 0 aliphatic heterocycles. The van der Waals surface area contributed by atoms with Gasteiger partial charge in [0, 0.05) is 10.9 Å². The van der Waals surface area contributed by atoms with Crippen LogP contribution in [0.25, 0.3) is 44.1 Å². The average Bonchev–Trinajstić information content (AvgIpc) is 2.77. The molecule has 1 aromatic heterocycles. The maximum atomic E-state index is 11.5. The van der Waals surface area contributed by atoms with Crippen LogP contribution in [0.1, 0.15) is 22.3 Å². The van der Waals surface area contributed by atoms with Gasteiger partial charge in [0.25, 0.3) is 5.75 Å². The first-order valence-electron chi connectivity index (χ1n) is 11.2. The Hall–Kier alpha value is -3.48. The molecule has 0 atom stereocenters. The van der Waals surface area contributed by atoms with E-state index in [1.807, 2.05) is 37.3 Å². The van der Waals surface area contributed by atoms with Crippen molar-refractivity contribution in [1.29, 1.82) is 0 Å². The SMILES string of the molecule is Cc1cc(C)c(-c2ccc(-c3c4cccc(C)c4nc4cccc(O[Cl+3]([O-])([O-])[O-])c34)cc2)c(C)c1. The second kappa shape index (κ2) is 8.63. The van der Waals surface area contributed by atoms with Gasteiger partial charge in [-0.05, 0) is 73.2 Å². The minimum absolute atomic E-state index is 0.0422. The van der Waals surface area contributed by atoms with Crippen molar-refractivity contribution in [2.45, 2.75) is 27.7 Å². The first-order chi connectivity index (χ1) is 16.6. The van der Waals surface area contributed by atoms with E-state index in [0.717, 1.165) is 33.2 Å². The molecule has 0 saturated heterocycles. The smallest absolute Gasteiger partial charge is 0.247 e. The average molecular weight is 486 g/mol. The number of nitrogens with zero attached hydrogens (tertiary/aromatic N) is 1. The van der Waals surface area contributed by atoms with E-state index in [9.17, 15) is 14.0 Å². The fourth-order valence-electron chi connectivity index (χ4n) is 5.03. The predicted molar refractivity (Wildman–Crippen MR) is 130 cm³/mol. The summed E-state index contributed by atoms with van der Waals surface area (Å²) in [7, 11) is -4.66. The van der Waals surface area contributed by atoms with Crippen LogP contribution in [0.15, 0.2) is 72.8 Å². The predicted octanol–water partition coefficient (Wildman–Crippen LogP) is 4.23. The molecule has 0 unspecified atom stereocenters. The molecule has 0 aliphatic rings. The van der Waals surface area contributed by atoms with E-state index < -0.39 is 10.2 Å². The molecular formula is C29H24ClNO4. The van der Waals surface area contributed by atoms with E-state index in [-0.39, 0.29) is 5.75 Å². The third-order valence-electron chi connectivity index (χ3n) is 6.31. The van der Waals surface area contributed by atoms with Gasteiger partial charge in [0.1, 0.15) is 10.2 Å². The van der Waals surface area contributed by atoms with E-state index in [1.165, 1.54) is 28.3 Å². The highest BCUT2D eigenvalue weighted by Crippen LogP contribution is 2.41. The van der Waals surface area contributed by atoms with Crippen LogP contribution in [0.2, 0.25) is 0 Å². The first-order valence-corrected chi connectivity index (χ1v) is 12.5. The molecule has 0 radical (unpaired) electrons. The highest BCUT2D eigenvalue weighted by atomic mass is 35.7. The molecule has 0 saturated carbocycles. The van der Waals surface area contributed by atoms with Gasteiger partial charge in [-0.3, -0.25) is 0 Å². The molecule has 6 heteroatoms. The Morgan fingerprint density at radius 1 is 0.686 bits per heavy atom. The van der Waals surface area contributed by atoms with Crippen LogP contribution in [0.3, 0.4) is 0 Å². The third kappa shape index (κ3) is 4.35. The lowest BCUT2D eigenvalue weighted by molar-refractivity contribution is -1.91. The molecule has 35 heavy (non-hydrogen) atoms. The molecule has 4 aromatic carbocycles. The minimum Gasteiger partial charge on any atom is -0.247 e. The van der Waals surface area contributed by atoms with Crippen LogP contribution >= 0.6 is 0 Å². The number of para-hydroxylation sites is 1. The molecule has 0 aliphatic carbocycles. The summed E-state index contributed by atoms with van der Waals surface area (Å²) in [4.78, 5) is 4.77. The quantitative estimate of drug-likeness (QED) is 0.355. The lowest BCUT2D eigenvalue weighted by Gasteiger charge is -2.17. The van der Waals surface area contributed by atoms with Crippen molar-refractivity contribution in [1.82, 2.24) is 4.98 Å². The number of pyridine rings is 1. The summed E-state index contributed by atoms with van der Waals surface area (Å²) in [5.74, 6) is -0.0422. The van der Waals surface area contributed by atoms with Gasteiger partial charge in [0.15, 0.2) is 0 Å². The number of aryl methyl sites for hydroxylation is 4. The second-order valence-corrected chi connectivity index (χ2v) is 9.82. The number of benzene rings is 4. The summed E-state index contributed by atoms with van der Waals surface area (Å²) in [6, 6.07) is 23.3. The van der Waals surface area contributed by atoms with Crippen LogP contribution in [0.5, 0.6) is 5.75 Å². The Balaban J connectivity index is 1.78. The summed E-state index contributed by atoms with van der Waals surface area (Å²) in [6.07, 6.45) is 0. The van der Waals surface area contributed by atoms with E-state index in [2.05, 4.69) is 45.0 Å². The van der Waals surface area contributed by atoms with Crippen LogP contribution in [0, 0.1) is 37.9 Å². The van der Waals surface area contributed by atoms with Crippen LogP contribution in [0.4, 0.5) is 0 Å². The lowest BCUT2D eigenvalue weighted by atomic mass is 9.90. The van der Waals surface area contributed by atoms with Crippen LogP contribution in [-0.2, 0) is 0 Å². The standard InChI is InChI=1S/C29H24ClNO4/c1-17-15-19(3)26(20(4)16-17)21-11-13-22(14-12-21)27-23-8-5-7-18(2)29(23)31-24-9-6-10-25(28(24)27)35-30(32,33)34/h5-16H,1-4H3. The highest BCUT2D eigenvalue weighted by Gasteiger charge is 2.25. The van der Waals surface area contributed by atoms with Crippen molar-refractivity contribution < 1.29 is 28.5 Å². The van der Waals surface area contributed by atoms with E-state index >= 15 is 0 Å². The number of halogens is 1. The highest BCUT2D eigenvalue weighted by molar-refractivity contribution is 6.12. The van der Waals surface area contributed by atoms with E-state index in [4.69, 9.17) is 9.27 Å². The Labute approximate surface area is 206 Å². The maximum Gasteiger partial charge on any atom is 0.298 e. The summed E-state index contributed by atoms with van der Waals surface area (Å²) >= 11 is 0. The van der Waals surface area contributed by atoms with Crippen molar-refractivity contribution in [2.75, 3.05) is 0 Å². The van der Waals surface area contributed by atoms with Gasteiger partial charge in [-0.15, -0.1) is 0 Å². The molecule has 0 amide bonds. The Morgan fingerprint density at radius 3 is 1.91 bits per heavy atom. The van der Waals surface area contributed by atoms with Crippen molar-refractivity contribution >= 4 is 21.8 Å². The zero-order valence-electron chi connectivity index (χ0n) is 19.9. The molecule has 5 nitrogen and oxygen atoms in total. The normalized spacial score (nSPS) is 11.9. The molecule has 176 valence electrons. The molecule has 5 rings (SSSR count). The van der Waals surface area contributed by atoms with Gasteiger partial charge < -0.3 is 0 Å². The van der Waals surface area contributed by atoms with Gasteiger partial charge in [-0.25, -0.2) is 4.98 Å². The minimum atomic E-state index is -4.66. The fourth-order valence-corrected chi connectivity index (χ4v) is 5.37. The Morgan fingerprint density at radius 2 is 1.29 bits per heavy atom. The monoisotopic (exact) mass is 485 g/mol. The zero-order valence-corrected chi connectivity index (χ0v) is 20.6. The summed E-state index contributed by atoms with van der Waals surface area (Å²) in [5.41, 5.74) is 9.93. The van der Waals surface area contributed by atoms with Crippen LogP contribution in [-0.4, -0.2) is 4.98 Å². The van der Waals surface area contributed by atoms with Gasteiger partial charge in [-0.2, -0.15) is 14.0 Å². The van der Waals surface area contributed by atoms with Gasteiger partial charge in [0.05, 0.1) is 16.4 Å². The van der Waals surface area contributed by atoms with E-state index in [0.29, 0.717) is 10.9 Å². The molecule has 0 fully saturated rings. The van der Waals surface area contributed by atoms with E-state index in [1.54, 1.807) is 12.1 Å². The number of aromatic nitrogens is 1. The maximum absolute atomic E-state index is 11.5. The Kier molecular flexibility index (Phi) is 5.74. The van der Waals surface area contributed by atoms with Crippen molar-refractivity contribution in [3.8, 4) is 28.0 Å². The number of rotatable bonds is 4. The number of hydrogen-bond acceptors (Lipinski definition) is 5. The second-order valence-electron chi connectivity index (χ2n) is 8.91.